The predicted molar refractivity (Wildman–Crippen MR) is 75.3 cm³/mol. The number of hydrogen-bond donors (Lipinski definition) is 1. The lowest BCUT2D eigenvalue weighted by molar-refractivity contribution is -0.139. The van der Waals surface area contributed by atoms with Gasteiger partial charge in [-0.1, -0.05) is 23.7 Å². The van der Waals surface area contributed by atoms with Gasteiger partial charge in [0.05, 0.1) is 6.04 Å². The summed E-state index contributed by atoms with van der Waals surface area (Å²) in [5.74, 6) is 0.0355. The Morgan fingerprint density at radius 1 is 1.58 bits per heavy atom. The Morgan fingerprint density at radius 2 is 2.42 bits per heavy atom. The molecular formula is C14H19ClN2O2. The first-order valence-electron chi connectivity index (χ1n) is 6.55. The highest BCUT2D eigenvalue weighted by atomic mass is 35.5. The Hall–Kier alpha value is -1.10. The number of rotatable bonds is 4. The smallest absolute Gasteiger partial charge is 0.249 e. The van der Waals surface area contributed by atoms with Crippen LogP contribution < -0.4 is 5.32 Å². The molecule has 0 aliphatic carbocycles. The average Bonchev–Trinajstić information content (AvgIpc) is 2.45. The Kier molecular flexibility index (Phi) is 5.19. The molecule has 104 valence electrons. The molecule has 0 aromatic heterocycles. The number of benzene rings is 1. The summed E-state index contributed by atoms with van der Waals surface area (Å²) in [5, 5.41) is 4.01. The van der Waals surface area contributed by atoms with Gasteiger partial charge in [-0.05, 0) is 24.6 Å². The van der Waals surface area contributed by atoms with Crippen LogP contribution in [-0.2, 0) is 9.53 Å². The molecule has 1 amide bonds. The molecule has 2 rings (SSSR count). The number of carbonyl (C=O) groups is 1. The molecule has 0 spiro atoms. The van der Waals surface area contributed by atoms with E-state index in [4.69, 9.17) is 16.3 Å². The molecule has 1 fully saturated rings. The Bertz CT molecular complexity index is 439. The standard InChI is InChI=1S/C14H19ClN2O2/c1-2-19-10-14(18)17-7-6-16-9-13(17)11-4-3-5-12(15)8-11/h3-5,8,13,16H,2,6-7,9-10H2,1H3. The van der Waals surface area contributed by atoms with Crippen molar-refractivity contribution < 1.29 is 9.53 Å². The minimum atomic E-state index is 0.0282. The van der Waals surface area contributed by atoms with Crippen molar-refractivity contribution in [2.75, 3.05) is 32.8 Å². The molecule has 1 aromatic carbocycles. The first-order valence-corrected chi connectivity index (χ1v) is 6.93. The van der Waals surface area contributed by atoms with E-state index in [1.54, 1.807) is 0 Å². The van der Waals surface area contributed by atoms with Gasteiger partial charge in [0.2, 0.25) is 5.91 Å². The lowest BCUT2D eigenvalue weighted by Crippen LogP contribution is -2.49. The second-order valence-electron chi connectivity index (χ2n) is 4.50. The monoisotopic (exact) mass is 282 g/mol. The molecular weight excluding hydrogens is 264 g/mol. The molecule has 1 aromatic rings. The van der Waals surface area contributed by atoms with Gasteiger partial charge in [0.15, 0.2) is 0 Å². The van der Waals surface area contributed by atoms with Crippen molar-refractivity contribution in [2.45, 2.75) is 13.0 Å². The normalized spacial score (nSPS) is 19.5. The van der Waals surface area contributed by atoms with Crippen LogP contribution in [0.3, 0.4) is 0 Å². The molecule has 1 unspecified atom stereocenters. The van der Waals surface area contributed by atoms with E-state index in [1.165, 1.54) is 0 Å². The van der Waals surface area contributed by atoms with Crippen LogP contribution in [0.2, 0.25) is 5.02 Å². The highest BCUT2D eigenvalue weighted by Crippen LogP contribution is 2.24. The molecule has 1 aliphatic rings. The Balaban J connectivity index is 2.13. The van der Waals surface area contributed by atoms with E-state index in [9.17, 15) is 4.79 Å². The van der Waals surface area contributed by atoms with Gasteiger partial charge in [0.25, 0.3) is 0 Å². The van der Waals surface area contributed by atoms with Crippen LogP contribution in [0.4, 0.5) is 0 Å². The lowest BCUT2D eigenvalue weighted by atomic mass is 10.0. The van der Waals surface area contributed by atoms with Crippen molar-refractivity contribution in [1.82, 2.24) is 10.2 Å². The molecule has 4 nitrogen and oxygen atoms in total. The van der Waals surface area contributed by atoms with E-state index >= 15 is 0 Å². The van der Waals surface area contributed by atoms with E-state index < -0.39 is 0 Å². The minimum absolute atomic E-state index is 0.0282. The summed E-state index contributed by atoms with van der Waals surface area (Å²) in [4.78, 5) is 14.0. The fraction of sp³-hybridized carbons (Fsp3) is 0.500. The molecule has 1 N–H and O–H groups in total. The highest BCUT2D eigenvalue weighted by Gasteiger charge is 2.27. The van der Waals surface area contributed by atoms with Gasteiger partial charge >= 0.3 is 0 Å². The van der Waals surface area contributed by atoms with E-state index in [-0.39, 0.29) is 18.6 Å². The number of nitrogens with zero attached hydrogens (tertiary/aromatic N) is 1. The summed E-state index contributed by atoms with van der Waals surface area (Å²) in [5.41, 5.74) is 1.06. The van der Waals surface area contributed by atoms with Crippen LogP contribution in [-0.4, -0.2) is 43.7 Å². The fourth-order valence-corrected chi connectivity index (χ4v) is 2.49. The average molecular weight is 283 g/mol. The number of halogens is 1. The summed E-state index contributed by atoms with van der Waals surface area (Å²) in [7, 11) is 0. The van der Waals surface area contributed by atoms with Crippen molar-refractivity contribution in [3.8, 4) is 0 Å². The quantitative estimate of drug-likeness (QED) is 0.916. The van der Waals surface area contributed by atoms with Crippen molar-refractivity contribution in [2.24, 2.45) is 0 Å². The third-order valence-corrected chi connectivity index (χ3v) is 3.46. The highest BCUT2D eigenvalue weighted by molar-refractivity contribution is 6.30. The number of nitrogens with one attached hydrogen (secondary N) is 1. The third kappa shape index (κ3) is 3.69. The van der Waals surface area contributed by atoms with Crippen LogP contribution in [0.15, 0.2) is 24.3 Å². The van der Waals surface area contributed by atoms with Crippen LogP contribution >= 0.6 is 11.6 Å². The second kappa shape index (κ2) is 6.89. The molecule has 1 aliphatic heterocycles. The third-order valence-electron chi connectivity index (χ3n) is 3.23. The number of piperazine rings is 1. The summed E-state index contributed by atoms with van der Waals surface area (Å²) in [6.45, 7) is 4.85. The lowest BCUT2D eigenvalue weighted by Gasteiger charge is -2.36. The summed E-state index contributed by atoms with van der Waals surface area (Å²) in [6, 6.07) is 7.70. The molecule has 0 radical (unpaired) electrons. The maximum atomic E-state index is 12.2. The minimum Gasteiger partial charge on any atom is -0.372 e. The maximum absolute atomic E-state index is 12.2. The SMILES string of the molecule is CCOCC(=O)N1CCNCC1c1cccc(Cl)c1. The molecule has 5 heteroatoms. The fourth-order valence-electron chi connectivity index (χ4n) is 2.29. The van der Waals surface area contributed by atoms with Crippen molar-refractivity contribution in [1.29, 1.82) is 0 Å². The molecule has 1 saturated heterocycles. The van der Waals surface area contributed by atoms with Crippen molar-refractivity contribution in [3.63, 3.8) is 0 Å². The molecule has 1 atom stereocenters. The van der Waals surface area contributed by atoms with Crippen molar-refractivity contribution in [3.05, 3.63) is 34.9 Å². The zero-order chi connectivity index (χ0) is 13.7. The molecule has 0 saturated carbocycles. The summed E-state index contributed by atoms with van der Waals surface area (Å²) in [6.07, 6.45) is 0. The van der Waals surface area contributed by atoms with Gasteiger partial charge in [-0.2, -0.15) is 0 Å². The number of ether oxygens (including phenoxy) is 1. The number of amides is 1. The van der Waals surface area contributed by atoms with Gasteiger partial charge in [0, 0.05) is 31.3 Å². The van der Waals surface area contributed by atoms with Gasteiger partial charge in [-0.3, -0.25) is 4.79 Å². The first kappa shape index (κ1) is 14.3. The molecule has 0 bridgehead atoms. The van der Waals surface area contributed by atoms with Crippen LogP contribution in [0, 0.1) is 0 Å². The maximum Gasteiger partial charge on any atom is 0.249 e. The van der Waals surface area contributed by atoms with Gasteiger partial charge in [0.1, 0.15) is 6.61 Å². The predicted octanol–water partition coefficient (Wildman–Crippen LogP) is 1.85. The van der Waals surface area contributed by atoms with E-state index in [1.807, 2.05) is 36.1 Å². The number of hydrogen-bond acceptors (Lipinski definition) is 3. The van der Waals surface area contributed by atoms with Gasteiger partial charge in [-0.15, -0.1) is 0 Å². The second-order valence-corrected chi connectivity index (χ2v) is 4.94. The van der Waals surface area contributed by atoms with E-state index in [2.05, 4.69) is 5.32 Å². The molecule has 1 heterocycles. The van der Waals surface area contributed by atoms with E-state index in [0.717, 1.165) is 18.7 Å². The van der Waals surface area contributed by atoms with Crippen LogP contribution in [0.25, 0.3) is 0 Å². The topological polar surface area (TPSA) is 41.6 Å². The van der Waals surface area contributed by atoms with Gasteiger partial charge < -0.3 is 15.0 Å². The van der Waals surface area contributed by atoms with Crippen LogP contribution in [0.1, 0.15) is 18.5 Å². The van der Waals surface area contributed by atoms with E-state index in [0.29, 0.717) is 18.2 Å². The first-order chi connectivity index (χ1) is 9.22. The van der Waals surface area contributed by atoms with Crippen molar-refractivity contribution >= 4 is 17.5 Å². The number of carbonyl (C=O) groups excluding carboxylic acids is 1. The molecule has 19 heavy (non-hydrogen) atoms. The van der Waals surface area contributed by atoms with Gasteiger partial charge in [-0.25, -0.2) is 0 Å². The summed E-state index contributed by atoms with van der Waals surface area (Å²) < 4.78 is 5.22. The zero-order valence-electron chi connectivity index (χ0n) is 11.1. The largest absolute Gasteiger partial charge is 0.372 e. The van der Waals surface area contributed by atoms with Crippen LogP contribution in [0.5, 0.6) is 0 Å². The Morgan fingerprint density at radius 3 is 3.16 bits per heavy atom. The zero-order valence-corrected chi connectivity index (χ0v) is 11.8. The Labute approximate surface area is 118 Å². The summed E-state index contributed by atoms with van der Waals surface area (Å²) >= 11 is 6.03.